The molecule has 0 unspecified atom stereocenters. The fourth-order valence-corrected chi connectivity index (χ4v) is 4.18. The maximum atomic E-state index is 3.72. The first-order chi connectivity index (χ1) is 11.3. The molecule has 0 spiro atoms. The Morgan fingerprint density at radius 3 is 2.13 bits per heavy atom. The first-order valence-corrected chi connectivity index (χ1v) is 8.55. The lowest BCUT2D eigenvalue weighted by atomic mass is 9.99. The fourth-order valence-electron chi connectivity index (χ4n) is 3.72. The number of rotatable bonds is 1. The van der Waals surface area contributed by atoms with E-state index >= 15 is 0 Å². The molecular weight excluding hydrogens is 346 g/mol. The zero-order valence-electron chi connectivity index (χ0n) is 12.7. The Labute approximate surface area is 142 Å². The Kier molecular flexibility index (Phi) is 2.62. The van der Waals surface area contributed by atoms with E-state index in [4.69, 9.17) is 0 Å². The zero-order valence-corrected chi connectivity index (χ0v) is 14.3. The molecule has 0 aliphatic heterocycles. The Morgan fingerprint density at radius 1 is 0.696 bits per heavy atom. The van der Waals surface area contributed by atoms with Gasteiger partial charge >= 0.3 is 0 Å². The van der Waals surface area contributed by atoms with Gasteiger partial charge in [-0.05, 0) is 53.6 Å². The van der Waals surface area contributed by atoms with Crippen LogP contribution >= 0.6 is 15.9 Å². The van der Waals surface area contributed by atoms with E-state index in [-0.39, 0.29) is 0 Å². The number of aromatic nitrogens is 1. The first-order valence-electron chi connectivity index (χ1n) is 7.75. The van der Waals surface area contributed by atoms with Crippen LogP contribution in [0.2, 0.25) is 0 Å². The molecule has 5 aromatic rings. The van der Waals surface area contributed by atoms with Crippen molar-refractivity contribution in [1.82, 2.24) is 4.57 Å². The second kappa shape index (κ2) is 4.59. The Bertz CT molecular complexity index is 1100. The molecule has 0 N–H and O–H groups in total. The summed E-state index contributed by atoms with van der Waals surface area (Å²) >= 11 is 3.72. The predicted molar refractivity (Wildman–Crippen MR) is 102 cm³/mol. The monoisotopic (exact) mass is 359 g/mol. The second-order valence-electron chi connectivity index (χ2n) is 6.05. The van der Waals surface area contributed by atoms with Crippen LogP contribution in [0.4, 0.5) is 0 Å². The lowest BCUT2D eigenvalue weighted by molar-refractivity contribution is 1.18. The van der Waals surface area contributed by atoms with Crippen LogP contribution in [0.3, 0.4) is 0 Å². The van der Waals surface area contributed by atoms with E-state index in [2.05, 4.69) is 94.2 Å². The van der Waals surface area contributed by atoms with Gasteiger partial charge in [-0.3, -0.25) is 0 Å². The van der Waals surface area contributed by atoms with E-state index in [1.165, 1.54) is 43.8 Å². The van der Waals surface area contributed by atoms with E-state index in [1.54, 1.807) is 0 Å². The van der Waals surface area contributed by atoms with Gasteiger partial charge in [0.15, 0.2) is 0 Å². The SMILES string of the molecule is Cc1ccc2c3c1ccc1c(Br)ccc(c13)n2-c1ccccc1. The average Bonchev–Trinajstić information content (AvgIpc) is 2.92. The second-order valence-corrected chi connectivity index (χ2v) is 6.90. The average molecular weight is 360 g/mol. The highest BCUT2D eigenvalue weighted by molar-refractivity contribution is 9.10. The molecule has 23 heavy (non-hydrogen) atoms. The molecule has 0 atom stereocenters. The maximum absolute atomic E-state index is 3.72. The van der Waals surface area contributed by atoms with Gasteiger partial charge in [0.1, 0.15) is 0 Å². The number of hydrogen-bond acceptors (Lipinski definition) is 0. The van der Waals surface area contributed by atoms with E-state index in [9.17, 15) is 0 Å². The van der Waals surface area contributed by atoms with Crippen molar-refractivity contribution in [2.24, 2.45) is 0 Å². The number of halogens is 1. The van der Waals surface area contributed by atoms with Crippen LogP contribution in [0.25, 0.3) is 38.3 Å². The van der Waals surface area contributed by atoms with Crippen LogP contribution in [-0.4, -0.2) is 4.57 Å². The maximum Gasteiger partial charge on any atom is 0.0548 e. The highest BCUT2D eigenvalue weighted by Gasteiger charge is 2.18. The highest BCUT2D eigenvalue weighted by atomic mass is 79.9. The molecule has 1 nitrogen and oxygen atoms in total. The lowest BCUT2D eigenvalue weighted by Crippen LogP contribution is -1.92. The van der Waals surface area contributed by atoms with Gasteiger partial charge in [0, 0.05) is 20.9 Å². The number of benzene rings is 4. The molecule has 0 amide bonds. The zero-order chi connectivity index (χ0) is 15.6. The normalized spacial score (nSPS) is 11.9. The number of aryl methyl sites for hydroxylation is 1. The minimum atomic E-state index is 1.15. The molecule has 5 rings (SSSR count). The van der Waals surface area contributed by atoms with Crippen molar-refractivity contribution < 1.29 is 0 Å². The van der Waals surface area contributed by atoms with Crippen molar-refractivity contribution in [1.29, 1.82) is 0 Å². The predicted octanol–water partition coefficient (Wildman–Crippen LogP) is 6.45. The van der Waals surface area contributed by atoms with Crippen LogP contribution in [0.5, 0.6) is 0 Å². The summed E-state index contributed by atoms with van der Waals surface area (Å²) in [6, 6.07) is 23.9. The first kappa shape index (κ1) is 13.1. The summed E-state index contributed by atoms with van der Waals surface area (Å²) in [5, 5.41) is 5.33. The van der Waals surface area contributed by atoms with Crippen molar-refractivity contribution in [3.05, 3.63) is 76.8 Å². The largest absolute Gasteiger partial charge is 0.309 e. The summed E-state index contributed by atoms with van der Waals surface area (Å²) in [6.45, 7) is 2.19. The molecule has 2 heteroatoms. The van der Waals surface area contributed by atoms with E-state index < -0.39 is 0 Å². The Morgan fingerprint density at radius 2 is 1.35 bits per heavy atom. The molecule has 0 aliphatic rings. The topological polar surface area (TPSA) is 4.93 Å². The van der Waals surface area contributed by atoms with Gasteiger partial charge in [-0.25, -0.2) is 0 Å². The minimum Gasteiger partial charge on any atom is -0.309 e. The number of hydrogen-bond donors (Lipinski definition) is 0. The van der Waals surface area contributed by atoms with Crippen LogP contribution in [0.1, 0.15) is 5.56 Å². The van der Waals surface area contributed by atoms with Gasteiger partial charge in [-0.2, -0.15) is 0 Å². The molecule has 0 fully saturated rings. The van der Waals surface area contributed by atoms with Gasteiger partial charge in [-0.1, -0.05) is 52.3 Å². The molecule has 0 aliphatic carbocycles. The van der Waals surface area contributed by atoms with Gasteiger partial charge < -0.3 is 4.57 Å². The van der Waals surface area contributed by atoms with Crippen molar-refractivity contribution in [3.63, 3.8) is 0 Å². The highest BCUT2D eigenvalue weighted by Crippen LogP contribution is 2.41. The quantitative estimate of drug-likeness (QED) is 0.303. The molecule has 110 valence electrons. The van der Waals surface area contributed by atoms with E-state index in [1.807, 2.05) is 0 Å². The number of para-hydroxylation sites is 1. The minimum absolute atomic E-state index is 1.15. The van der Waals surface area contributed by atoms with Crippen molar-refractivity contribution >= 4 is 48.5 Å². The van der Waals surface area contributed by atoms with Crippen LogP contribution in [0, 0.1) is 6.92 Å². The van der Waals surface area contributed by atoms with Gasteiger partial charge in [0.2, 0.25) is 0 Å². The van der Waals surface area contributed by atoms with E-state index in [0.717, 1.165) is 4.47 Å². The molecule has 1 heterocycles. The standard InChI is InChI=1S/C21H14BrN/c1-13-7-11-18-20-15(13)8-9-16-17(22)10-12-19(21(16)20)23(18)14-5-3-2-4-6-14/h2-12H,1H3. The third-order valence-electron chi connectivity index (χ3n) is 4.77. The molecule has 0 saturated carbocycles. The molecule has 0 radical (unpaired) electrons. The molecule has 0 saturated heterocycles. The molecular formula is C21H14BrN. The third-order valence-corrected chi connectivity index (χ3v) is 5.47. The van der Waals surface area contributed by atoms with Crippen molar-refractivity contribution in [2.45, 2.75) is 6.92 Å². The van der Waals surface area contributed by atoms with Crippen LogP contribution in [-0.2, 0) is 0 Å². The van der Waals surface area contributed by atoms with E-state index in [0.29, 0.717) is 0 Å². The van der Waals surface area contributed by atoms with Gasteiger partial charge in [-0.15, -0.1) is 0 Å². The van der Waals surface area contributed by atoms with Crippen LogP contribution in [0.15, 0.2) is 71.2 Å². The summed E-state index contributed by atoms with van der Waals surface area (Å²) < 4.78 is 3.52. The Hall–Kier alpha value is -2.32. The number of nitrogens with zero attached hydrogens (tertiary/aromatic N) is 1. The summed E-state index contributed by atoms with van der Waals surface area (Å²) in [5.74, 6) is 0. The summed E-state index contributed by atoms with van der Waals surface area (Å²) in [6.07, 6.45) is 0. The van der Waals surface area contributed by atoms with Crippen LogP contribution < -0.4 is 0 Å². The molecule has 0 bridgehead atoms. The summed E-state index contributed by atoms with van der Waals surface area (Å²) in [5.41, 5.74) is 5.07. The van der Waals surface area contributed by atoms with Crippen molar-refractivity contribution in [2.75, 3.05) is 0 Å². The smallest absolute Gasteiger partial charge is 0.0548 e. The van der Waals surface area contributed by atoms with Gasteiger partial charge in [0.05, 0.1) is 11.0 Å². The third kappa shape index (κ3) is 1.67. The summed E-state index contributed by atoms with van der Waals surface area (Å²) in [4.78, 5) is 0. The summed E-state index contributed by atoms with van der Waals surface area (Å²) in [7, 11) is 0. The van der Waals surface area contributed by atoms with Gasteiger partial charge in [0.25, 0.3) is 0 Å². The fraction of sp³-hybridized carbons (Fsp3) is 0.0476. The lowest BCUT2D eigenvalue weighted by Gasteiger charge is -2.07. The molecule has 4 aromatic carbocycles. The molecule has 1 aromatic heterocycles. The Balaban J connectivity index is 2.12. The van der Waals surface area contributed by atoms with Crippen molar-refractivity contribution in [3.8, 4) is 5.69 Å².